The molecule has 4 heteroatoms. The number of aliphatic hydroxyl groups is 1. The lowest BCUT2D eigenvalue weighted by Crippen LogP contribution is -2.23. The molecule has 0 aliphatic rings. The second-order valence-corrected chi connectivity index (χ2v) is 5.04. The maximum Gasteiger partial charge on any atom is 0.120 e. The van der Waals surface area contributed by atoms with Gasteiger partial charge in [-0.25, -0.2) is 0 Å². The van der Waals surface area contributed by atoms with Crippen LogP contribution >= 0.6 is 0 Å². The van der Waals surface area contributed by atoms with Gasteiger partial charge in [-0.3, -0.25) is 0 Å². The summed E-state index contributed by atoms with van der Waals surface area (Å²) in [6, 6.07) is 5.27. The number of benzene rings is 1. The maximum absolute atomic E-state index is 9.78. The lowest BCUT2D eigenvalue weighted by Gasteiger charge is -2.15. The molecule has 0 amide bonds. The minimum Gasteiger partial charge on any atom is -0.508 e. The van der Waals surface area contributed by atoms with Crippen LogP contribution in [-0.2, 0) is 6.54 Å². The number of phenols is 1. The molecule has 0 spiro atoms. The van der Waals surface area contributed by atoms with Gasteiger partial charge in [-0.2, -0.15) is 0 Å². The summed E-state index contributed by atoms with van der Waals surface area (Å²) in [6.45, 7) is 7.84. The highest BCUT2D eigenvalue weighted by Gasteiger charge is 2.07. The van der Waals surface area contributed by atoms with Gasteiger partial charge in [0.15, 0.2) is 0 Å². The SMILES string of the molecule is CCOc1ccc(O)c(CNCC(C)CC(C)O)c1. The van der Waals surface area contributed by atoms with Crippen LogP contribution in [-0.4, -0.2) is 29.5 Å². The van der Waals surface area contributed by atoms with Crippen LogP contribution in [0.2, 0.25) is 0 Å². The molecule has 19 heavy (non-hydrogen) atoms. The van der Waals surface area contributed by atoms with Crippen molar-refractivity contribution in [1.82, 2.24) is 5.32 Å². The van der Waals surface area contributed by atoms with E-state index < -0.39 is 0 Å². The van der Waals surface area contributed by atoms with Crippen molar-refractivity contribution in [3.63, 3.8) is 0 Å². The number of phenolic OH excluding ortho intramolecular Hbond substituents is 1. The highest BCUT2D eigenvalue weighted by molar-refractivity contribution is 5.39. The van der Waals surface area contributed by atoms with Crippen LogP contribution in [0.5, 0.6) is 11.5 Å². The van der Waals surface area contributed by atoms with Crippen molar-refractivity contribution in [1.29, 1.82) is 0 Å². The molecule has 0 radical (unpaired) electrons. The molecule has 4 nitrogen and oxygen atoms in total. The third-order valence-electron chi connectivity index (χ3n) is 2.91. The topological polar surface area (TPSA) is 61.7 Å². The van der Waals surface area contributed by atoms with E-state index in [-0.39, 0.29) is 11.9 Å². The summed E-state index contributed by atoms with van der Waals surface area (Å²) in [6.07, 6.45) is 0.504. The minimum absolute atomic E-state index is 0.272. The molecule has 2 atom stereocenters. The van der Waals surface area contributed by atoms with Gasteiger partial charge >= 0.3 is 0 Å². The summed E-state index contributed by atoms with van der Waals surface area (Å²) in [5, 5.41) is 22.4. The fourth-order valence-corrected chi connectivity index (χ4v) is 2.08. The van der Waals surface area contributed by atoms with E-state index in [2.05, 4.69) is 12.2 Å². The maximum atomic E-state index is 9.78. The van der Waals surface area contributed by atoms with Gasteiger partial charge in [0.2, 0.25) is 0 Å². The second-order valence-electron chi connectivity index (χ2n) is 5.04. The van der Waals surface area contributed by atoms with Crippen LogP contribution < -0.4 is 10.1 Å². The van der Waals surface area contributed by atoms with Gasteiger partial charge in [-0.15, -0.1) is 0 Å². The zero-order valence-corrected chi connectivity index (χ0v) is 12.0. The van der Waals surface area contributed by atoms with E-state index in [1.807, 2.05) is 13.0 Å². The molecule has 108 valence electrons. The Bertz CT molecular complexity index is 380. The van der Waals surface area contributed by atoms with Gasteiger partial charge in [0.25, 0.3) is 0 Å². The first kappa shape index (κ1) is 15.8. The molecule has 0 heterocycles. The first-order valence-electron chi connectivity index (χ1n) is 6.86. The Hall–Kier alpha value is -1.26. The van der Waals surface area contributed by atoms with Gasteiger partial charge < -0.3 is 20.3 Å². The molecule has 0 aromatic heterocycles. The summed E-state index contributed by atoms with van der Waals surface area (Å²) in [4.78, 5) is 0. The van der Waals surface area contributed by atoms with Crippen molar-refractivity contribution in [2.75, 3.05) is 13.2 Å². The Morgan fingerprint density at radius 2 is 2.05 bits per heavy atom. The molecule has 1 aromatic carbocycles. The van der Waals surface area contributed by atoms with Crippen LogP contribution in [0.4, 0.5) is 0 Å². The number of aromatic hydroxyl groups is 1. The summed E-state index contributed by atoms with van der Waals surface area (Å²) >= 11 is 0. The molecular formula is C15H25NO3. The van der Waals surface area contributed by atoms with Crippen LogP contribution in [0, 0.1) is 5.92 Å². The predicted octanol–water partition coefficient (Wildman–Crippen LogP) is 2.29. The van der Waals surface area contributed by atoms with Crippen molar-refractivity contribution < 1.29 is 14.9 Å². The number of ether oxygens (including phenoxy) is 1. The Morgan fingerprint density at radius 3 is 2.68 bits per heavy atom. The molecule has 1 rings (SSSR count). The monoisotopic (exact) mass is 267 g/mol. The Labute approximate surface area is 115 Å². The van der Waals surface area contributed by atoms with E-state index in [0.29, 0.717) is 19.1 Å². The van der Waals surface area contributed by atoms with Crippen molar-refractivity contribution in [3.8, 4) is 11.5 Å². The summed E-state index contributed by atoms with van der Waals surface area (Å²) in [7, 11) is 0. The van der Waals surface area contributed by atoms with Crippen molar-refractivity contribution in [2.45, 2.75) is 39.8 Å². The number of aliphatic hydroxyl groups excluding tert-OH is 1. The minimum atomic E-state index is -0.272. The number of hydrogen-bond donors (Lipinski definition) is 3. The first-order chi connectivity index (χ1) is 9.02. The molecule has 0 bridgehead atoms. The molecule has 0 saturated heterocycles. The number of hydrogen-bond acceptors (Lipinski definition) is 4. The second kappa shape index (κ2) is 8.02. The van der Waals surface area contributed by atoms with Gasteiger partial charge in [0.05, 0.1) is 12.7 Å². The molecule has 2 unspecified atom stereocenters. The Kier molecular flexibility index (Phi) is 6.67. The highest BCUT2D eigenvalue weighted by atomic mass is 16.5. The van der Waals surface area contributed by atoms with E-state index >= 15 is 0 Å². The zero-order chi connectivity index (χ0) is 14.3. The molecule has 0 fully saturated rings. The number of nitrogens with one attached hydrogen (secondary N) is 1. The van der Waals surface area contributed by atoms with E-state index in [0.717, 1.165) is 24.3 Å². The molecule has 0 saturated carbocycles. The normalized spacial score (nSPS) is 14.1. The fourth-order valence-electron chi connectivity index (χ4n) is 2.08. The van der Waals surface area contributed by atoms with E-state index in [4.69, 9.17) is 4.74 Å². The average molecular weight is 267 g/mol. The van der Waals surface area contributed by atoms with Crippen molar-refractivity contribution in [2.24, 2.45) is 5.92 Å². The molecule has 0 aliphatic carbocycles. The summed E-state index contributed by atoms with van der Waals surface area (Å²) in [5.41, 5.74) is 0.829. The van der Waals surface area contributed by atoms with Crippen LogP contribution in [0.1, 0.15) is 32.8 Å². The van der Waals surface area contributed by atoms with Crippen LogP contribution in [0.3, 0.4) is 0 Å². The third-order valence-corrected chi connectivity index (χ3v) is 2.91. The largest absolute Gasteiger partial charge is 0.508 e. The average Bonchev–Trinajstić information content (AvgIpc) is 2.32. The lowest BCUT2D eigenvalue weighted by molar-refractivity contribution is 0.163. The van der Waals surface area contributed by atoms with Crippen molar-refractivity contribution >= 4 is 0 Å². The van der Waals surface area contributed by atoms with Gasteiger partial charge in [0, 0.05) is 12.1 Å². The highest BCUT2D eigenvalue weighted by Crippen LogP contribution is 2.23. The third kappa shape index (κ3) is 5.94. The smallest absolute Gasteiger partial charge is 0.120 e. The predicted molar refractivity (Wildman–Crippen MR) is 76.4 cm³/mol. The van der Waals surface area contributed by atoms with Gasteiger partial charge in [0.1, 0.15) is 11.5 Å². The fraction of sp³-hybridized carbons (Fsp3) is 0.600. The first-order valence-corrected chi connectivity index (χ1v) is 6.86. The molecular weight excluding hydrogens is 242 g/mol. The Morgan fingerprint density at radius 1 is 1.32 bits per heavy atom. The Balaban J connectivity index is 2.45. The van der Waals surface area contributed by atoms with Crippen LogP contribution in [0.15, 0.2) is 18.2 Å². The van der Waals surface area contributed by atoms with Gasteiger partial charge in [-0.1, -0.05) is 6.92 Å². The van der Waals surface area contributed by atoms with E-state index in [1.165, 1.54) is 0 Å². The standard InChI is InChI=1S/C15H25NO3/c1-4-19-14-5-6-15(18)13(8-14)10-16-9-11(2)7-12(3)17/h5-6,8,11-12,16-18H,4,7,9-10H2,1-3H3. The quantitative estimate of drug-likeness (QED) is 0.676. The molecule has 1 aromatic rings. The lowest BCUT2D eigenvalue weighted by atomic mass is 10.0. The summed E-state index contributed by atoms with van der Waals surface area (Å²) in [5.74, 6) is 1.45. The summed E-state index contributed by atoms with van der Waals surface area (Å²) < 4.78 is 5.41. The van der Waals surface area contributed by atoms with Crippen LogP contribution in [0.25, 0.3) is 0 Å². The number of rotatable bonds is 8. The van der Waals surface area contributed by atoms with Crippen molar-refractivity contribution in [3.05, 3.63) is 23.8 Å². The van der Waals surface area contributed by atoms with E-state index in [9.17, 15) is 10.2 Å². The molecule has 3 N–H and O–H groups in total. The van der Waals surface area contributed by atoms with Gasteiger partial charge in [-0.05, 0) is 50.9 Å². The van der Waals surface area contributed by atoms with E-state index in [1.54, 1.807) is 19.1 Å². The zero-order valence-electron chi connectivity index (χ0n) is 12.0. The molecule has 0 aliphatic heterocycles.